The molecule has 0 fully saturated rings. The fraction of sp³-hybridized carbons (Fsp3) is 0.385. The standard InChI is InChI=1S/C26H31N5OS/c1-5-7-14-27-25(32)22(6-2)33-26-28-24-23(29-30-26)20-15-18(4)10-13-21(20)31(24)16-19-11-8-17(3)9-12-19/h8-13,15,22H,5-7,14,16H2,1-4H3,(H,27,32). The van der Waals surface area contributed by atoms with E-state index in [-0.39, 0.29) is 11.2 Å². The van der Waals surface area contributed by atoms with Crippen LogP contribution in [0.4, 0.5) is 0 Å². The molecule has 0 saturated heterocycles. The van der Waals surface area contributed by atoms with E-state index in [1.807, 2.05) is 6.92 Å². The Morgan fingerprint density at radius 3 is 2.55 bits per heavy atom. The summed E-state index contributed by atoms with van der Waals surface area (Å²) in [6.07, 6.45) is 2.74. The number of fused-ring (bicyclic) bond motifs is 3. The van der Waals surface area contributed by atoms with Crippen LogP contribution in [-0.4, -0.2) is 37.5 Å². The highest BCUT2D eigenvalue weighted by Crippen LogP contribution is 2.30. The molecule has 0 aliphatic carbocycles. The van der Waals surface area contributed by atoms with Gasteiger partial charge in [-0.1, -0.05) is 73.5 Å². The Bertz CT molecular complexity index is 1270. The summed E-state index contributed by atoms with van der Waals surface area (Å²) in [6, 6.07) is 14.9. The molecule has 2 aromatic carbocycles. The van der Waals surface area contributed by atoms with Crippen molar-refractivity contribution in [2.45, 2.75) is 63.9 Å². The molecule has 172 valence electrons. The van der Waals surface area contributed by atoms with Crippen LogP contribution in [0.2, 0.25) is 0 Å². The fourth-order valence-corrected chi connectivity index (χ4v) is 4.73. The molecule has 2 aromatic heterocycles. The van der Waals surface area contributed by atoms with Crippen molar-refractivity contribution in [3.63, 3.8) is 0 Å². The Labute approximate surface area is 199 Å². The molecular weight excluding hydrogens is 430 g/mol. The number of aryl methyl sites for hydroxylation is 2. The van der Waals surface area contributed by atoms with Gasteiger partial charge in [0.2, 0.25) is 11.1 Å². The summed E-state index contributed by atoms with van der Waals surface area (Å²) in [5.41, 5.74) is 6.30. The first-order valence-corrected chi connectivity index (χ1v) is 12.5. The second-order valence-corrected chi connectivity index (χ2v) is 9.69. The van der Waals surface area contributed by atoms with Gasteiger partial charge in [-0.05, 0) is 44.4 Å². The monoisotopic (exact) mass is 461 g/mol. The number of benzene rings is 2. The molecule has 1 unspecified atom stereocenters. The molecule has 0 radical (unpaired) electrons. The van der Waals surface area contributed by atoms with Gasteiger partial charge < -0.3 is 9.88 Å². The lowest BCUT2D eigenvalue weighted by atomic mass is 10.1. The number of nitrogens with one attached hydrogen (secondary N) is 1. The molecule has 4 aromatic rings. The molecule has 33 heavy (non-hydrogen) atoms. The topological polar surface area (TPSA) is 72.7 Å². The van der Waals surface area contributed by atoms with Crippen molar-refractivity contribution >= 4 is 39.7 Å². The number of unbranched alkanes of at least 4 members (excludes halogenated alkanes) is 1. The summed E-state index contributed by atoms with van der Waals surface area (Å²) >= 11 is 1.39. The van der Waals surface area contributed by atoms with Crippen molar-refractivity contribution in [1.82, 2.24) is 25.1 Å². The average Bonchev–Trinajstić information content (AvgIpc) is 3.11. The van der Waals surface area contributed by atoms with Gasteiger partial charge >= 0.3 is 0 Å². The highest BCUT2D eigenvalue weighted by Gasteiger charge is 2.21. The molecule has 0 spiro atoms. The zero-order chi connectivity index (χ0) is 23.4. The summed E-state index contributed by atoms with van der Waals surface area (Å²) in [5, 5.41) is 13.3. The zero-order valence-electron chi connectivity index (χ0n) is 19.8. The van der Waals surface area contributed by atoms with Gasteiger partial charge in [0.15, 0.2) is 5.65 Å². The molecule has 1 amide bonds. The van der Waals surface area contributed by atoms with Crippen molar-refractivity contribution in [3.8, 4) is 0 Å². The molecule has 0 bridgehead atoms. The van der Waals surface area contributed by atoms with Crippen molar-refractivity contribution in [2.24, 2.45) is 0 Å². The first-order chi connectivity index (χ1) is 16.0. The molecule has 0 aliphatic rings. The first-order valence-electron chi connectivity index (χ1n) is 11.6. The number of rotatable bonds is 9. The third-order valence-corrected chi connectivity index (χ3v) is 7.02. The number of nitrogens with zero attached hydrogens (tertiary/aromatic N) is 4. The third kappa shape index (κ3) is 5.19. The number of carbonyl (C=O) groups is 1. The van der Waals surface area contributed by atoms with E-state index < -0.39 is 0 Å². The maximum atomic E-state index is 12.6. The Hall–Kier alpha value is -2.93. The smallest absolute Gasteiger partial charge is 0.233 e. The van der Waals surface area contributed by atoms with Gasteiger partial charge in [0.05, 0.1) is 10.8 Å². The van der Waals surface area contributed by atoms with Crippen LogP contribution in [0, 0.1) is 13.8 Å². The quantitative estimate of drug-likeness (QED) is 0.266. The van der Waals surface area contributed by atoms with Gasteiger partial charge in [-0.25, -0.2) is 4.98 Å². The van der Waals surface area contributed by atoms with Gasteiger partial charge in [-0.15, -0.1) is 10.2 Å². The van der Waals surface area contributed by atoms with Crippen LogP contribution < -0.4 is 5.32 Å². The Kier molecular flexibility index (Phi) is 7.28. The Morgan fingerprint density at radius 1 is 1.06 bits per heavy atom. The number of aromatic nitrogens is 4. The van der Waals surface area contributed by atoms with E-state index in [2.05, 4.69) is 83.3 Å². The second-order valence-electron chi connectivity index (χ2n) is 8.52. The van der Waals surface area contributed by atoms with Gasteiger partial charge in [-0.2, -0.15) is 0 Å². The molecular formula is C26H31N5OS. The summed E-state index contributed by atoms with van der Waals surface area (Å²) in [4.78, 5) is 17.5. The van der Waals surface area contributed by atoms with Crippen LogP contribution in [0.1, 0.15) is 49.8 Å². The predicted octanol–water partition coefficient (Wildman–Crippen LogP) is 5.43. The van der Waals surface area contributed by atoms with E-state index in [0.717, 1.165) is 34.9 Å². The summed E-state index contributed by atoms with van der Waals surface area (Å²) in [6.45, 7) is 9.70. The van der Waals surface area contributed by atoms with Crippen molar-refractivity contribution in [1.29, 1.82) is 0 Å². The maximum Gasteiger partial charge on any atom is 0.233 e. The molecule has 0 saturated carbocycles. The predicted molar refractivity (Wildman–Crippen MR) is 136 cm³/mol. The van der Waals surface area contributed by atoms with Gasteiger partial charge in [0.25, 0.3) is 0 Å². The van der Waals surface area contributed by atoms with Crippen LogP contribution >= 0.6 is 11.8 Å². The fourth-order valence-electron chi connectivity index (χ4n) is 3.89. The third-order valence-electron chi connectivity index (χ3n) is 5.80. The Balaban J connectivity index is 1.71. The molecule has 2 heterocycles. The van der Waals surface area contributed by atoms with Gasteiger partial charge in [-0.3, -0.25) is 4.79 Å². The molecule has 7 heteroatoms. The largest absolute Gasteiger partial charge is 0.355 e. The summed E-state index contributed by atoms with van der Waals surface area (Å²) in [7, 11) is 0. The highest BCUT2D eigenvalue weighted by atomic mass is 32.2. The van der Waals surface area contributed by atoms with Crippen LogP contribution in [0.25, 0.3) is 22.1 Å². The normalized spacial score (nSPS) is 12.4. The lowest BCUT2D eigenvalue weighted by Gasteiger charge is -2.13. The van der Waals surface area contributed by atoms with Crippen LogP contribution in [0.3, 0.4) is 0 Å². The number of hydrogen-bond donors (Lipinski definition) is 1. The Morgan fingerprint density at radius 2 is 1.82 bits per heavy atom. The first kappa shape index (κ1) is 23.2. The van der Waals surface area contributed by atoms with E-state index in [1.165, 1.54) is 28.5 Å². The lowest BCUT2D eigenvalue weighted by Crippen LogP contribution is -2.33. The number of thioether (sulfide) groups is 1. The minimum Gasteiger partial charge on any atom is -0.355 e. The molecule has 1 N–H and O–H groups in total. The second kappa shape index (κ2) is 10.3. The minimum absolute atomic E-state index is 0.0375. The molecule has 6 nitrogen and oxygen atoms in total. The van der Waals surface area contributed by atoms with E-state index in [4.69, 9.17) is 4.98 Å². The van der Waals surface area contributed by atoms with Crippen molar-refractivity contribution in [2.75, 3.05) is 6.54 Å². The maximum absolute atomic E-state index is 12.6. The minimum atomic E-state index is -0.238. The van der Waals surface area contributed by atoms with E-state index in [0.29, 0.717) is 24.7 Å². The van der Waals surface area contributed by atoms with E-state index >= 15 is 0 Å². The van der Waals surface area contributed by atoms with Crippen molar-refractivity contribution in [3.05, 3.63) is 59.2 Å². The van der Waals surface area contributed by atoms with Gasteiger partial charge in [0, 0.05) is 18.5 Å². The van der Waals surface area contributed by atoms with Crippen LogP contribution in [0.15, 0.2) is 47.6 Å². The van der Waals surface area contributed by atoms with E-state index in [1.54, 1.807) is 0 Å². The summed E-state index contributed by atoms with van der Waals surface area (Å²) in [5.74, 6) is 0.0375. The average molecular weight is 462 g/mol. The summed E-state index contributed by atoms with van der Waals surface area (Å²) < 4.78 is 2.20. The zero-order valence-corrected chi connectivity index (χ0v) is 20.6. The number of amides is 1. The van der Waals surface area contributed by atoms with Crippen LogP contribution in [-0.2, 0) is 11.3 Å². The molecule has 1 atom stereocenters. The lowest BCUT2D eigenvalue weighted by molar-refractivity contribution is -0.120. The molecule has 4 rings (SSSR count). The number of carbonyl (C=O) groups excluding carboxylic acids is 1. The van der Waals surface area contributed by atoms with Crippen LogP contribution in [0.5, 0.6) is 0 Å². The number of hydrogen-bond acceptors (Lipinski definition) is 5. The van der Waals surface area contributed by atoms with E-state index in [9.17, 15) is 4.79 Å². The van der Waals surface area contributed by atoms with Crippen molar-refractivity contribution < 1.29 is 4.79 Å². The SMILES string of the molecule is CCCCNC(=O)C(CC)Sc1nnc2c3cc(C)ccc3n(Cc3ccc(C)cc3)c2n1. The highest BCUT2D eigenvalue weighted by molar-refractivity contribution is 8.00. The van der Waals surface area contributed by atoms with Gasteiger partial charge in [0.1, 0.15) is 5.52 Å². The molecule has 0 aliphatic heterocycles.